The first-order valence-electron chi connectivity index (χ1n) is 7.52. The molecule has 5 heteroatoms. The second-order valence-electron chi connectivity index (χ2n) is 6.78. The number of carbonyl (C=O) groups excluding carboxylic acids is 1. The van der Waals surface area contributed by atoms with E-state index in [1.165, 1.54) is 4.90 Å². The van der Waals surface area contributed by atoms with Crippen LogP contribution in [0, 0.1) is 5.92 Å². The summed E-state index contributed by atoms with van der Waals surface area (Å²) in [5, 5.41) is 9.37. The van der Waals surface area contributed by atoms with Gasteiger partial charge in [-0.2, -0.15) is 0 Å². The van der Waals surface area contributed by atoms with Gasteiger partial charge in [-0.05, 0) is 45.1 Å². The number of rotatable bonds is 3. The van der Waals surface area contributed by atoms with Crippen molar-refractivity contribution in [1.29, 1.82) is 0 Å². The molecule has 0 aliphatic carbocycles. The van der Waals surface area contributed by atoms with Gasteiger partial charge in [-0.25, -0.2) is 9.59 Å². The number of ether oxygens (including phenoxy) is 1. The number of nitrogens with zero attached hydrogens (tertiary/aromatic N) is 1. The Hall–Kier alpha value is -2.04. The van der Waals surface area contributed by atoms with E-state index in [4.69, 9.17) is 4.74 Å². The molecule has 120 valence electrons. The van der Waals surface area contributed by atoms with E-state index < -0.39 is 23.7 Å². The van der Waals surface area contributed by atoms with Crippen LogP contribution in [0.25, 0.3) is 0 Å². The summed E-state index contributed by atoms with van der Waals surface area (Å²) in [6.45, 7) is 5.75. The van der Waals surface area contributed by atoms with Crippen molar-refractivity contribution in [3.8, 4) is 0 Å². The Morgan fingerprint density at radius 2 is 1.91 bits per heavy atom. The van der Waals surface area contributed by atoms with Gasteiger partial charge in [0, 0.05) is 6.54 Å². The quantitative estimate of drug-likeness (QED) is 0.932. The fourth-order valence-corrected chi connectivity index (χ4v) is 2.77. The first-order chi connectivity index (χ1) is 10.3. The lowest BCUT2D eigenvalue weighted by Crippen LogP contribution is -2.43. The summed E-state index contributed by atoms with van der Waals surface area (Å²) in [6, 6.07) is 9.11. The molecule has 1 heterocycles. The number of carbonyl (C=O) groups is 2. The fourth-order valence-electron chi connectivity index (χ4n) is 2.77. The summed E-state index contributed by atoms with van der Waals surface area (Å²) in [7, 11) is 0. The van der Waals surface area contributed by atoms with Gasteiger partial charge in [-0.3, -0.25) is 4.90 Å². The van der Waals surface area contributed by atoms with Gasteiger partial charge in [0.2, 0.25) is 0 Å². The van der Waals surface area contributed by atoms with Crippen LogP contribution in [0.15, 0.2) is 30.3 Å². The number of likely N-dealkylation sites (tertiary alicyclic amines) is 1. The van der Waals surface area contributed by atoms with Crippen LogP contribution in [0.5, 0.6) is 0 Å². The Morgan fingerprint density at radius 3 is 2.45 bits per heavy atom. The number of amides is 1. The van der Waals surface area contributed by atoms with Gasteiger partial charge >= 0.3 is 12.1 Å². The third-order valence-electron chi connectivity index (χ3n) is 3.67. The van der Waals surface area contributed by atoms with Crippen LogP contribution in [0.2, 0.25) is 0 Å². The van der Waals surface area contributed by atoms with Gasteiger partial charge < -0.3 is 9.84 Å². The average Bonchev–Trinajstić information content (AvgIpc) is 2.82. The van der Waals surface area contributed by atoms with Crippen molar-refractivity contribution in [3.05, 3.63) is 35.9 Å². The third kappa shape index (κ3) is 4.23. The zero-order chi connectivity index (χ0) is 16.3. The molecular weight excluding hydrogens is 282 g/mol. The highest BCUT2D eigenvalue weighted by atomic mass is 16.6. The second kappa shape index (κ2) is 6.38. The topological polar surface area (TPSA) is 66.8 Å². The zero-order valence-electron chi connectivity index (χ0n) is 13.3. The highest BCUT2D eigenvalue weighted by Gasteiger charge is 2.41. The Balaban J connectivity index is 2.06. The molecule has 1 amide bonds. The Morgan fingerprint density at radius 1 is 1.27 bits per heavy atom. The predicted molar refractivity (Wildman–Crippen MR) is 82.6 cm³/mol. The maximum Gasteiger partial charge on any atom is 0.411 e. The number of carboxylic acids is 1. The van der Waals surface area contributed by atoms with Crippen LogP contribution in [0.3, 0.4) is 0 Å². The molecule has 1 fully saturated rings. The molecule has 1 aromatic rings. The molecule has 2 atom stereocenters. The Kier molecular flexibility index (Phi) is 4.74. The van der Waals surface area contributed by atoms with E-state index in [0.717, 1.165) is 12.0 Å². The van der Waals surface area contributed by atoms with Crippen molar-refractivity contribution < 1.29 is 19.4 Å². The summed E-state index contributed by atoms with van der Waals surface area (Å²) in [6.07, 6.45) is 0.684. The van der Waals surface area contributed by atoms with Crippen LogP contribution in [0.1, 0.15) is 32.8 Å². The monoisotopic (exact) mass is 305 g/mol. The molecule has 2 rings (SSSR count). The summed E-state index contributed by atoms with van der Waals surface area (Å²) >= 11 is 0. The van der Waals surface area contributed by atoms with Crippen LogP contribution in [-0.2, 0) is 16.0 Å². The van der Waals surface area contributed by atoms with Crippen molar-refractivity contribution in [2.24, 2.45) is 5.92 Å². The highest BCUT2D eigenvalue weighted by Crippen LogP contribution is 2.28. The van der Waals surface area contributed by atoms with Crippen molar-refractivity contribution in [2.45, 2.75) is 45.3 Å². The molecule has 1 aliphatic rings. The van der Waals surface area contributed by atoms with Gasteiger partial charge in [-0.15, -0.1) is 0 Å². The number of hydrogen-bond acceptors (Lipinski definition) is 3. The second-order valence-corrected chi connectivity index (χ2v) is 6.78. The maximum atomic E-state index is 12.2. The normalized spacial score (nSPS) is 21.7. The van der Waals surface area contributed by atoms with Gasteiger partial charge in [0.05, 0.1) is 0 Å². The minimum absolute atomic E-state index is 0.135. The molecule has 1 N–H and O–H groups in total. The molecule has 0 aromatic heterocycles. The summed E-state index contributed by atoms with van der Waals surface area (Å²) in [4.78, 5) is 25.0. The zero-order valence-corrected chi connectivity index (χ0v) is 13.3. The minimum atomic E-state index is -0.971. The summed E-state index contributed by atoms with van der Waals surface area (Å²) in [5.41, 5.74) is 0.528. The highest BCUT2D eigenvalue weighted by molar-refractivity contribution is 5.81. The van der Waals surface area contributed by atoms with Gasteiger partial charge in [0.1, 0.15) is 11.6 Å². The van der Waals surface area contributed by atoms with E-state index >= 15 is 0 Å². The van der Waals surface area contributed by atoms with Crippen LogP contribution in [0.4, 0.5) is 4.79 Å². The molecule has 22 heavy (non-hydrogen) atoms. The molecule has 1 aromatic carbocycles. The molecular formula is C17H23NO4. The minimum Gasteiger partial charge on any atom is -0.480 e. The number of benzene rings is 1. The Labute approximate surface area is 130 Å². The molecule has 1 saturated heterocycles. The summed E-state index contributed by atoms with van der Waals surface area (Å²) in [5.74, 6) is -0.836. The van der Waals surface area contributed by atoms with Crippen molar-refractivity contribution >= 4 is 12.1 Å². The first-order valence-corrected chi connectivity index (χ1v) is 7.52. The van der Waals surface area contributed by atoms with Gasteiger partial charge in [-0.1, -0.05) is 30.3 Å². The number of aliphatic carboxylic acids is 1. The van der Waals surface area contributed by atoms with Gasteiger partial charge in [0.25, 0.3) is 0 Å². The predicted octanol–water partition coefficient (Wildman–Crippen LogP) is 2.94. The first kappa shape index (κ1) is 16.3. The van der Waals surface area contributed by atoms with E-state index in [0.29, 0.717) is 13.0 Å². The van der Waals surface area contributed by atoms with Crippen LogP contribution < -0.4 is 0 Å². The van der Waals surface area contributed by atoms with Crippen LogP contribution >= 0.6 is 0 Å². The van der Waals surface area contributed by atoms with E-state index in [2.05, 4.69) is 0 Å². The molecule has 0 bridgehead atoms. The fraction of sp³-hybridized carbons (Fsp3) is 0.529. The summed E-state index contributed by atoms with van der Waals surface area (Å²) < 4.78 is 5.32. The van der Waals surface area contributed by atoms with Crippen molar-refractivity contribution in [1.82, 2.24) is 4.90 Å². The lowest BCUT2D eigenvalue weighted by atomic mass is 9.97. The van der Waals surface area contributed by atoms with Crippen LogP contribution in [-0.4, -0.2) is 40.3 Å². The molecule has 0 spiro atoms. The van der Waals surface area contributed by atoms with E-state index in [1.54, 1.807) is 20.8 Å². The molecule has 0 radical (unpaired) electrons. The van der Waals surface area contributed by atoms with Crippen molar-refractivity contribution in [2.75, 3.05) is 6.54 Å². The van der Waals surface area contributed by atoms with E-state index in [9.17, 15) is 14.7 Å². The SMILES string of the molecule is CC(C)(C)OC(=O)N1C[C@H](Cc2ccccc2)C[C@@H]1C(=O)O. The lowest BCUT2D eigenvalue weighted by Gasteiger charge is -2.26. The molecule has 5 nitrogen and oxygen atoms in total. The smallest absolute Gasteiger partial charge is 0.411 e. The number of carboxylic acid groups (broad SMARTS) is 1. The van der Waals surface area contributed by atoms with Gasteiger partial charge in [0.15, 0.2) is 0 Å². The van der Waals surface area contributed by atoms with E-state index in [1.807, 2.05) is 30.3 Å². The lowest BCUT2D eigenvalue weighted by molar-refractivity contribution is -0.142. The van der Waals surface area contributed by atoms with Crippen molar-refractivity contribution in [3.63, 3.8) is 0 Å². The molecule has 0 saturated carbocycles. The maximum absolute atomic E-state index is 12.2. The van der Waals surface area contributed by atoms with E-state index in [-0.39, 0.29) is 5.92 Å². The Bertz CT molecular complexity index is 535. The number of hydrogen-bond donors (Lipinski definition) is 1. The third-order valence-corrected chi connectivity index (χ3v) is 3.67. The standard InChI is InChI=1S/C17H23NO4/c1-17(2,3)22-16(21)18-11-13(10-14(18)15(19)20)9-12-7-5-4-6-8-12/h4-8,13-14H,9-11H2,1-3H3,(H,19,20)/t13-,14-/m1/s1. The average molecular weight is 305 g/mol. The largest absolute Gasteiger partial charge is 0.480 e. The molecule has 1 aliphatic heterocycles. The molecule has 0 unspecified atom stereocenters.